The van der Waals surface area contributed by atoms with E-state index in [1.807, 2.05) is 30.3 Å². The Morgan fingerprint density at radius 1 is 1.12 bits per heavy atom. The molecule has 2 aliphatic carbocycles. The summed E-state index contributed by atoms with van der Waals surface area (Å²) in [6.45, 7) is 0. The average Bonchev–Trinajstić information content (AvgIpc) is 3.49. The van der Waals surface area contributed by atoms with Crippen LogP contribution in [0, 0.1) is 0 Å². The molecule has 3 heterocycles. The van der Waals surface area contributed by atoms with E-state index in [2.05, 4.69) is 25.1 Å². The monoisotopic (exact) mass is 463 g/mol. The van der Waals surface area contributed by atoms with E-state index < -0.39 is 5.79 Å². The molecule has 2 fully saturated rings. The second-order valence-electron chi connectivity index (χ2n) is 8.82. The molecular weight excluding hydrogens is 438 g/mol. The van der Waals surface area contributed by atoms with Crippen LogP contribution in [-0.2, 0) is 4.79 Å². The quantitative estimate of drug-likeness (QED) is 0.523. The molecule has 1 amide bonds. The molecule has 0 saturated heterocycles. The Labute approximate surface area is 196 Å². The van der Waals surface area contributed by atoms with Gasteiger partial charge in [-0.25, -0.2) is 0 Å². The molecule has 0 radical (unpaired) electrons. The van der Waals surface area contributed by atoms with Crippen molar-refractivity contribution in [3.63, 3.8) is 0 Å². The van der Waals surface area contributed by atoms with E-state index >= 15 is 0 Å². The fourth-order valence-electron chi connectivity index (χ4n) is 4.52. The van der Waals surface area contributed by atoms with Crippen molar-refractivity contribution in [3.8, 4) is 22.9 Å². The smallest absolute Gasteiger partial charge is 0.251 e. The van der Waals surface area contributed by atoms with Crippen LogP contribution in [0.5, 0.6) is 11.5 Å². The summed E-state index contributed by atoms with van der Waals surface area (Å²) >= 11 is 1.40. The summed E-state index contributed by atoms with van der Waals surface area (Å²) in [6, 6.07) is 9.86. The Balaban J connectivity index is 1.11. The predicted octanol–water partition coefficient (Wildman–Crippen LogP) is 4.84. The Bertz CT molecular complexity index is 1170. The van der Waals surface area contributed by atoms with Gasteiger partial charge in [0.05, 0.1) is 5.75 Å². The molecule has 170 valence electrons. The van der Waals surface area contributed by atoms with Crippen LogP contribution >= 0.6 is 11.8 Å². The molecule has 1 aliphatic heterocycles. The van der Waals surface area contributed by atoms with Gasteiger partial charge in [0.25, 0.3) is 5.79 Å². The summed E-state index contributed by atoms with van der Waals surface area (Å²) in [5.41, 5.74) is 1.64. The standard InChI is InChI=1S/C24H25N5O3S/c30-21(26-17-6-9-19-20(13-17)32-24(31-19)10-2-1-3-11-24)15-33-23-28-27-22(29(23)18-7-8-18)16-5-4-12-25-14-16/h4-6,9,12-14,18H,1-3,7-8,10-11,15H2,(H,26,30). The number of benzene rings is 1. The van der Waals surface area contributed by atoms with Crippen molar-refractivity contribution in [2.24, 2.45) is 0 Å². The molecular formula is C24H25N5O3S. The Hall–Kier alpha value is -3.07. The second kappa shape index (κ2) is 8.37. The fourth-order valence-corrected chi connectivity index (χ4v) is 5.33. The maximum Gasteiger partial charge on any atom is 0.251 e. The molecule has 6 rings (SSSR count). The number of amides is 1. The lowest BCUT2D eigenvalue weighted by Gasteiger charge is -2.31. The van der Waals surface area contributed by atoms with Crippen molar-refractivity contribution >= 4 is 23.4 Å². The topological polar surface area (TPSA) is 91.2 Å². The van der Waals surface area contributed by atoms with Crippen molar-refractivity contribution in [2.45, 2.75) is 61.9 Å². The third kappa shape index (κ3) is 4.17. The zero-order valence-corrected chi connectivity index (χ0v) is 19.0. The van der Waals surface area contributed by atoms with Gasteiger partial charge in [-0.05, 0) is 49.9 Å². The van der Waals surface area contributed by atoms with Gasteiger partial charge < -0.3 is 14.8 Å². The predicted molar refractivity (Wildman–Crippen MR) is 124 cm³/mol. The highest BCUT2D eigenvalue weighted by Gasteiger charge is 2.42. The Morgan fingerprint density at radius 2 is 1.97 bits per heavy atom. The SMILES string of the molecule is O=C(CSc1nnc(-c2cccnc2)n1C1CC1)Nc1ccc2c(c1)OC1(CCCCC1)O2. The molecule has 8 nitrogen and oxygen atoms in total. The van der Waals surface area contributed by atoms with Crippen LogP contribution in [0.3, 0.4) is 0 Å². The number of ether oxygens (including phenoxy) is 2. The van der Waals surface area contributed by atoms with Crippen molar-refractivity contribution in [1.82, 2.24) is 19.7 Å². The fraction of sp³-hybridized carbons (Fsp3) is 0.417. The van der Waals surface area contributed by atoms with Crippen LogP contribution in [-0.4, -0.2) is 37.2 Å². The Kier molecular flexibility index (Phi) is 5.21. The van der Waals surface area contributed by atoms with E-state index in [-0.39, 0.29) is 11.7 Å². The number of carbonyl (C=O) groups excluding carboxylic acids is 1. The van der Waals surface area contributed by atoms with E-state index in [1.54, 1.807) is 12.4 Å². The van der Waals surface area contributed by atoms with E-state index in [0.717, 1.165) is 60.8 Å². The van der Waals surface area contributed by atoms with Crippen molar-refractivity contribution in [3.05, 3.63) is 42.7 Å². The lowest BCUT2D eigenvalue weighted by atomic mass is 9.94. The number of pyridine rings is 1. The zero-order valence-electron chi connectivity index (χ0n) is 18.2. The van der Waals surface area contributed by atoms with Gasteiger partial charge in [-0.2, -0.15) is 0 Å². The largest absolute Gasteiger partial charge is 0.448 e. The molecule has 2 saturated carbocycles. The molecule has 1 N–H and O–H groups in total. The summed E-state index contributed by atoms with van der Waals surface area (Å²) in [5, 5.41) is 12.5. The molecule has 3 aliphatic rings. The van der Waals surface area contributed by atoms with Crippen molar-refractivity contribution in [2.75, 3.05) is 11.1 Å². The number of aromatic nitrogens is 4. The van der Waals surface area contributed by atoms with Crippen LogP contribution < -0.4 is 14.8 Å². The summed E-state index contributed by atoms with van der Waals surface area (Å²) in [7, 11) is 0. The maximum absolute atomic E-state index is 12.7. The van der Waals surface area contributed by atoms with Gasteiger partial charge in [-0.1, -0.05) is 18.2 Å². The zero-order chi connectivity index (χ0) is 22.3. The van der Waals surface area contributed by atoms with E-state index in [4.69, 9.17) is 9.47 Å². The molecule has 3 aromatic rings. The number of nitrogens with zero attached hydrogens (tertiary/aromatic N) is 4. The summed E-state index contributed by atoms with van der Waals surface area (Å²) in [6.07, 6.45) is 11.0. The van der Waals surface area contributed by atoms with E-state index in [9.17, 15) is 4.79 Å². The average molecular weight is 464 g/mol. The first-order valence-corrected chi connectivity index (χ1v) is 12.5. The van der Waals surface area contributed by atoms with Crippen LogP contribution in [0.2, 0.25) is 0 Å². The van der Waals surface area contributed by atoms with E-state index in [1.165, 1.54) is 18.2 Å². The van der Waals surface area contributed by atoms with Gasteiger partial charge >= 0.3 is 0 Å². The molecule has 9 heteroatoms. The first-order chi connectivity index (χ1) is 16.2. The number of thioether (sulfide) groups is 1. The minimum Gasteiger partial charge on any atom is -0.448 e. The molecule has 1 spiro atoms. The van der Waals surface area contributed by atoms with Crippen molar-refractivity contribution < 1.29 is 14.3 Å². The summed E-state index contributed by atoms with van der Waals surface area (Å²) in [4.78, 5) is 16.9. The van der Waals surface area contributed by atoms with Gasteiger partial charge in [-0.15, -0.1) is 10.2 Å². The molecule has 2 aromatic heterocycles. The number of fused-ring (bicyclic) bond motifs is 1. The number of rotatable bonds is 6. The summed E-state index contributed by atoms with van der Waals surface area (Å²) < 4.78 is 14.4. The first-order valence-electron chi connectivity index (χ1n) is 11.5. The molecule has 33 heavy (non-hydrogen) atoms. The number of hydrogen-bond acceptors (Lipinski definition) is 7. The second-order valence-corrected chi connectivity index (χ2v) is 9.77. The van der Waals surface area contributed by atoms with Gasteiger partial charge in [0.1, 0.15) is 0 Å². The summed E-state index contributed by atoms with van der Waals surface area (Å²) in [5.74, 6) is 1.90. The Morgan fingerprint density at radius 3 is 2.76 bits per heavy atom. The van der Waals surface area contributed by atoms with Gasteiger partial charge in [0.2, 0.25) is 5.91 Å². The number of anilines is 1. The highest BCUT2D eigenvalue weighted by Crippen LogP contribution is 2.46. The van der Waals surface area contributed by atoms with Crippen LogP contribution in [0.25, 0.3) is 11.4 Å². The minimum absolute atomic E-state index is 0.0977. The van der Waals surface area contributed by atoms with Crippen LogP contribution in [0.15, 0.2) is 47.9 Å². The lowest BCUT2D eigenvalue weighted by Crippen LogP contribution is -2.40. The third-order valence-corrected chi connectivity index (χ3v) is 7.21. The third-order valence-electron chi connectivity index (χ3n) is 6.26. The minimum atomic E-state index is -0.516. The molecule has 0 bridgehead atoms. The number of nitrogens with one attached hydrogen (secondary N) is 1. The number of carbonyl (C=O) groups is 1. The van der Waals surface area contributed by atoms with Gasteiger partial charge in [-0.3, -0.25) is 14.3 Å². The van der Waals surface area contributed by atoms with Crippen LogP contribution in [0.4, 0.5) is 5.69 Å². The maximum atomic E-state index is 12.7. The van der Waals surface area contributed by atoms with Crippen molar-refractivity contribution in [1.29, 1.82) is 0 Å². The highest BCUT2D eigenvalue weighted by atomic mass is 32.2. The van der Waals surface area contributed by atoms with Gasteiger partial charge in [0, 0.05) is 48.6 Å². The van der Waals surface area contributed by atoms with Gasteiger partial charge in [0.15, 0.2) is 22.5 Å². The molecule has 0 unspecified atom stereocenters. The molecule has 1 aromatic carbocycles. The highest BCUT2D eigenvalue weighted by molar-refractivity contribution is 7.99. The molecule has 0 atom stereocenters. The first kappa shape index (κ1) is 20.5. The van der Waals surface area contributed by atoms with Crippen LogP contribution in [0.1, 0.15) is 51.0 Å². The van der Waals surface area contributed by atoms with E-state index in [0.29, 0.717) is 17.5 Å². The number of hydrogen-bond donors (Lipinski definition) is 1. The normalized spacial score (nSPS) is 18.4. The lowest BCUT2D eigenvalue weighted by molar-refractivity contribution is -0.113.